The molecule has 0 atom stereocenters. The monoisotopic (exact) mass is 337 g/mol. The number of rotatable bonds is 4. The van der Waals surface area contributed by atoms with Gasteiger partial charge in [-0.3, -0.25) is 19.3 Å². The zero-order valence-electron chi connectivity index (χ0n) is 13.2. The van der Waals surface area contributed by atoms with Gasteiger partial charge in [-0.25, -0.2) is 0 Å². The molecule has 0 unspecified atom stereocenters. The summed E-state index contributed by atoms with van der Waals surface area (Å²) in [5.41, 5.74) is 1.52. The van der Waals surface area contributed by atoms with E-state index in [4.69, 9.17) is 11.6 Å². The summed E-state index contributed by atoms with van der Waals surface area (Å²) in [6, 6.07) is 3.23. The van der Waals surface area contributed by atoms with Crippen molar-refractivity contribution in [3.05, 3.63) is 28.3 Å². The van der Waals surface area contributed by atoms with E-state index in [9.17, 15) is 14.4 Å². The van der Waals surface area contributed by atoms with Gasteiger partial charge in [0.2, 0.25) is 5.91 Å². The summed E-state index contributed by atoms with van der Waals surface area (Å²) in [6.45, 7) is 3.17. The molecule has 2 amide bonds. The largest absolute Gasteiger partial charge is 0.355 e. The summed E-state index contributed by atoms with van der Waals surface area (Å²) in [5.74, 6) is -0.290. The van der Waals surface area contributed by atoms with Crippen molar-refractivity contribution in [2.24, 2.45) is 0 Å². The Bertz CT molecular complexity index is 636. The van der Waals surface area contributed by atoms with Crippen molar-refractivity contribution >= 4 is 34.9 Å². The van der Waals surface area contributed by atoms with Gasteiger partial charge < -0.3 is 10.6 Å². The molecule has 1 aromatic rings. The SMILES string of the molecule is CNC(=O)c1cc(Cl)cc(C)c1NC(=O)CN1CCC(=O)CC1. The van der Waals surface area contributed by atoms with E-state index in [2.05, 4.69) is 10.6 Å². The Balaban J connectivity index is 2.11. The molecule has 0 spiro atoms. The first-order valence-electron chi connectivity index (χ1n) is 7.47. The third kappa shape index (κ3) is 4.53. The van der Waals surface area contributed by atoms with E-state index < -0.39 is 0 Å². The van der Waals surface area contributed by atoms with Crippen LogP contribution in [-0.4, -0.2) is 49.2 Å². The average molecular weight is 338 g/mol. The van der Waals surface area contributed by atoms with Crippen molar-refractivity contribution < 1.29 is 14.4 Å². The van der Waals surface area contributed by atoms with E-state index >= 15 is 0 Å². The zero-order valence-corrected chi connectivity index (χ0v) is 14.0. The summed E-state index contributed by atoms with van der Waals surface area (Å²) in [7, 11) is 1.52. The van der Waals surface area contributed by atoms with E-state index in [1.165, 1.54) is 13.1 Å². The van der Waals surface area contributed by atoms with Gasteiger partial charge in [-0.05, 0) is 24.6 Å². The number of ketones is 1. The molecule has 0 aliphatic carbocycles. The Kier molecular flexibility index (Phi) is 5.74. The van der Waals surface area contributed by atoms with Crippen molar-refractivity contribution in [2.45, 2.75) is 19.8 Å². The van der Waals surface area contributed by atoms with Gasteiger partial charge in [0.05, 0.1) is 17.8 Å². The predicted molar refractivity (Wildman–Crippen MR) is 88.9 cm³/mol. The third-order valence-electron chi connectivity index (χ3n) is 3.82. The summed E-state index contributed by atoms with van der Waals surface area (Å²) in [4.78, 5) is 37.4. The Morgan fingerprint density at radius 1 is 1.26 bits per heavy atom. The molecule has 1 aliphatic rings. The van der Waals surface area contributed by atoms with Gasteiger partial charge in [0.1, 0.15) is 5.78 Å². The molecule has 0 bridgehead atoms. The van der Waals surface area contributed by atoms with E-state index in [1.807, 2.05) is 4.90 Å². The van der Waals surface area contributed by atoms with E-state index in [0.717, 1.165) is 5.56 Å². The number of likely N-dealkylation sites (tertiary alicyclic amines) is 1. The van der Waals surface area contributed by atoms with Crippen LogP contribution in [0.2, 0.25) is 5.02 Å². The normalized spacial score (nSPS) is 15.3. The van der Waals surface area contributed by atoms with Crippen molar-refractivity contribution in [1.29, 1.82) is 0 Å². The highest BCUT2D eigenvalue weighted by Gasteiger charge is 2.20. The summed E-state index contributed by atoms with van der Waals surface area (Å²) >= 11 is 6.00. The van der Waals surface area contributed by atoms with Gasteiger partial charge in [-0.2, -0.15) is 0 Å². The smallest absolute Gasteiger partial charge is 0.253 e. The fourth-order valence-corrected chi connectivity index (χ4v) is 2.84. The molecule has 2 rings (SSSR count). The lowest BCUT2D eigenvalue weighted by molar-refractivity contribution is -0.124. The molecule has 1 aliphatic heterocycles. The third-order valence-corrected chi connectivity index (χ3v) is 4.04. The van der Waals surface area contributed by atoms with E-state index in [1.54, 1.807) is 13.0 Å². The first kappa shape index (κ1) is 17.4. The quantitative estimate of drug-likeness (QED) is 0.875. The van der Waals surface area contributed by atoms with Crippen LogP contribution in [0.3, 0.4) is 0 Å². The Morgan fingerprint density at radius 3 is 2.52 bits per heavy atom. The fraction of sp³-hybridized carbons (Fsp3) is 0.438. The van der Waals surface area contributed by atoms with Crippen LogP contribution in [0.15, 0.2) is 12.1 Å². The first-order valence-corrected chi connectivity index (χ1v) is 7.84. The van der Waals surface area contributed by atoms with Crippen LogP contribution in [0.4, 0.5) is 5.69 Å². The lowest BCUT2D eigenvalue weighted by Gasteiger charge is -2.25. The Labute approximate surface area is 140 Å². The number of Topliss-reactive ketones (excluding diaryl/α,β-unsaturated/α-hetero) is 1. The maximum absolute atomic E-state index is 12.3. The van der Waals surface area contributed by atoms with E-state index in [-0.39, 0.29) is 24.1 Å². The predicted octanol–water partition coefficient (Wildman–Crippen LogP) is 1.61. The lowest BCUT2D eigenvalue weighted by atomic mass is 10.1. The molecule has 1 aromatic carbocycles. The number of amides is 2. The maximum atomic E-state index is 12.3. The second-order valence-corrected chi connectivity index (χ2v) is 6.02. The van der Waals surface area contributed by atoms with Crippen molar-refractivity contribution in [3.63, 3.8) is 0 Å². The molecule has 0 saturated carbocycles. The van der Waals surface area contributed by atoms with Crippen molar-refractivity contribution in [3.8, 4) is 0 Å². The lowest BCUT2D eigenvalue weighted by Crippen LogP contribution is -2.39. The Hall–Kier alpha value is -1.92. The molecule has 0 aromatic heterocycles. The van der Waals surface area contributed by atoms with Crippen LogP contribution < -0.4 is 10.6 Å². The van der Waals surface area contributed by atoms with Crippen molar-refractivity contribution in [2.75, 3.05) is 32.0 Å². The second kappa shape index (κ2) is 7.57. The second-order valence-electron chi connectivity index (χ2n) is 5.59. The van der Waals surface area contributed by atoms with Crippen LogP contribution in [-0.2, 0) is 9.59 Å². The first-order chi connectivity index (χ1) is 10.9. The van der Waals surface area contributed by atoms with Gasteiger partial charge in [-0.1, -0.05) is 11.6 Å². The number of aryl methyl sites for hydroxylation is 1. The summed E-state index contributed by atoms with van der Waals surface area (Å²) in [6.07, 6.45) is 0.966. The topological polar surface area (TPSA) is 78.5 Å². The molecule has 124 valence electrons. The van der Waals surface area contributed by atoms with Gasteiger partial charge in [-0.15, -0.1) is 0 Å². The molecule has 0 radical (unpaired) electrons. The number of hydrogen-bond acceptors (Lipinski definition) is 4. The number of anilines is 1. The minimum absolute atomic E-state index is 0.197. The number of halogens is 1. The maximum Gasteiger partial charge on any atom is 0.253 e. The van der Waals surface area contributed by atoms with Crippen LogP contribution in [0.5, 0.6) is 0 Å². The molecule has 7 heteroatoms. The number of hydrogen-bond donors (Lipinski definition) is 2. The number of carbonyl (C=O) groups is 3. The molecule has 1 fully saturated rings. The summed E-state index contributed by atoms with van der Waals surface area (Å²) in [5, 5.41) is 5.77. The molecular formula is C16H20ClN3O3. The number of carbonyl (C=O) groups excluding carboxylic acids is 3. The minimum atomic E-state index is -0.311. The van der Waals surface area contributed by atoms with Gasteiger partial charge in [0, 0.05) is 38.0 Å². The van der Waals surface area contributed by atoms with Crippen LogP contribution in [0, 0.1) is 6.92 Å². The molecule has 1 saturated heterocycles. The molecule has 2 N–H and O–H groups in total. The average Bonchev–Trinajstić information content (AvgIpc) is 2.51. The minimum Gasteiger partial charge on any atom is -0.355 e. The van der Waals surface area contributed by atoms with Gasteiger partial charge >= 0.3 is 0 Å². The highest BCUT2D eigenvalue weighted by molar-refractivity contribution is 6.31. The van der Waals surface area contributed by atoms with E-state index in [0.29, 0.717) is 42.2 Å². The standard InChI is InChI=1S/C16H20ClN3O3/c1-10-7-11(17)8-13(16(23)18-2)15(10)19-14(22)9-20-5-3-12(21)4-6-20/h7-8H,3-6,9H2,1-2H3,(H,18,23)(H,19,22). The highest BCUT2D eigenvalue weighted by atomic mass is 35.5. The number of nitrogens with zero attached hydrogens (tertiary/aromatic N) is 1. The number of benzene rings is 1. The molecule has 23 heavy (non-hydrogen) atoms. The number of nitrogens with one attached hydrogen (secondary N) is 2. The van der Waals surface area contributed by atoms with Crippen LogP contribution in [0.25, 0.3) is 0 Å². The van der Waals surface area contributed by atoms with Crippen LogP contribution >= 0.6 is 11.6 Å². The molecule has 1 heterocycles. The van der Waals surface area contributed by atoms with Crippen LogP contribution in [0.1, 0.15) is 28.8 Å². The Morgan fingerprint density at radius 2 is 1.91 bits per heavy atom. The highest BCUT2D eigenvalue weighted by Crippen LogP contribution is 2.25. The zero-order chi connectivity index (χ0) is 17.0. The fourth-order valence-electron chi connectivity index (χ4n) is 2.57. The summed E-state index contributed by atoms with van der Waals surface area (Å²) < 4.78 is 0. The van der Waals surface area contributed by atoms with Gasteiger partial charge in [0.25, 0.3) is 5.91 Å². The van der Waals surface area contributed by atoms with Crippen molar-refractivity contribution in [1.82, 2.24) is 10.2 Å². The number of piperidine rings is 1. The molecular weight excluding hydrogens is 318 g/mol. The van der Waals surface area contributed by atoms with Gasteiger partial charge in [0.15, 0.2) is 0 Å². The molecule has 6 nitrogen and oxygen atoms in total.